The van der Waals surface area contributed by atoms with Crippen LogP contribution >= 0.6 is 0 Å². The molecule has 0 unspecified atom stereocenters. The number of aromatic nitrogens is 1. The Kier molecular flexibility index (Phi) is 4.75. The molecule has 2 aliphatic heterocycles. The van der Waals surface area contributed by atoms with Crippen molar-refractivity contribution < 1.29 is 19.4 Å². The number of carbonyl (C=O) groups is 2. The van der Waals surface area contributed by atoms with Gasteiger partial charge in [-0.25, -0.2) is 4.79 Å². The van der Waals surface area contributed by atoms with E-state index in [0.29, 0.717) is 25.0 Å². The zero-order valence-electron chi connectivity index (χ0n) is 16.3. The number of esters is 1. The molecule has 1 fully saturated rings. The number of aromatic amines is 1. The van der Waals surface area contributed by atoms with E-state index in [-0.39, 0.29) is 23.8 Å². The summed E-state index contributed by atoms with van der Waals surface area (Å²) in [6.45, 7) is 6.73. The van der Waals surface area contributed by atoms with Crippen molar-refractivity contribution >= 4 is 22.8 Å². The Labute approximate surface area is 164 Å². The van der Waals surface area contributed by atoms with Crippen LogP contribution in [0.1, 0.15) is 37.1 Å². The summed E-state index contributed by atoms with van der Waals surface area (Å²) in [7, 11) is 1.38. The number of methoxy groups -OCH3 is 1. The van der Waals surface area contributed by atoms with Gasteiger partial charge in [0, 0.05) is 35.1 Å². The predicted molar refractivity (Wildman–Crippen MR) is 106 cm³/mol. The summed E-state index contributed by atoms with van der Waals surface area (Å²) in [5.41, 5.74) is 3.68. The third-order valence-corrected chi connectivity index (χ3v) is 6.57. The number of para-hydroxylation sites is 1. The summed E-state index contributed by atoms with van der Waals surface area (Å²) in [6, 6.07) is 7.39. The van der Waals surface area contributed by atoms with Crippen LogP contribution in [0.5, 0.6) is 0 Å². The number of piperidine rings is 1. The molecule has 0 radical (unpaired) electrons. The second-order valence-electron chi connectivity index (χ2n) is 7.86. The minimum Gasteiger partial charge on any atom is -0.480 e. The van der Waals surface area contributed by atoms with E-state index in [1.165, 1.54) is 7.11 Å². The molecule has 0 spiro atoms. The van der Waals surface area contributed by atoms with Gasteiger partial charge in [0.15, 0.2) is 0 Å². The van der Waals surface area contributed by atoms with Gasteiger partial charge in [-0.3, -0.25) is 9.69 Å². The van der Waals surface area contributed by atoms with E-state index in [1.807, 2.05) is 24.3 Å². The Bertz CT molecular complexity index is 947. The first-order chi connectivity index (χ1) is 13.5. The molecule has 2 aliphatic rings. The summed E-state index contributed by atoms with van der Waals surface area (Å²) in [5.74, 6) is -1.01. The highest BCUT2D eigenvalue weighted by Crippen LogP contribution is 2.47. The van der Waals surface area contributed by atoms with Crippen molar-refractivity contribution in [1.29, 1.82) is 0 Å². The zero-order valence-corrected chi connectivity index (χ0v) is 16.3. The topological polar surface area (TPSA) is 82.6 Å². The van der Waals surface area contributed by atoms with Gasteiger partial charge in [-0.2, -0.15) is 0 Å². The standard InChI is InChI=1S/C22H26N2O4/c1-4-13-11-24-18(9-15(13)12(2)22(27)28-3)20-16(10-19(24)21(25)26)14-7-5-6-8-17(14)23-20/h5-8,13,15,18-19,23H,2,4,9-11H2,1,3H3,(H,25,26)/t13-,15-,18+,19+/m1/s1. The minimum atomic E-state index is -0.791. The van der Waals surface area contributed by atoms with Gasteiger partial charge in [-0.15, -0.1) is 0 Å². The first kappa shape index (κ1) is 18.7. The van der Waals surface area contributed by atoms with Crippen LogP contribution in [0.2, 0.25) is 0 Å². The number of hydrogen-bond donors (Lipinski definition) is 2. The van der Waals surface area contributed by atoms with Crippen LogP contribution in [-0.4, -0.2) is 46.6 Å². The Balaban J connectivity index is 1.79. The maximum atomic E-state index is 12.2. The molecular weight excluding hydrogens is 356 g/mol. The molecule has 1 aromatic heterocycles. The highest BCUT2D eigenvalue weighted by molar-refractivity contribution is 5.89. The lowest BCUT2D eigenvalue weighted by Gasteiger charge is -2.48. The average Bonchev–Trinajstić information content (AvgIpc) is 3.09. The van der Waals surface area contributed by atoms with Gasteiger partial charge in [-0.1, -0.05) is 38.1 Å². The highest BCUT2D eigenvalue weighted by Gasteiger charge is 2.47. The second-order valence-corrected chi connectivity index (χ2v) is 7.86. The van der Waals surface area contributed by atoms with Gasteiger partial charge in [-0.05, 0) is 29.9 Å². The monoisotopic (exact) mass is 382 g/mol. The van der Waals surface area contributed by atoms with Gasteiger partial charge >= 0.3 is 11.9 Å². The number of nitrogens with one attached hydrogen (secondary N) is 1. The number of carboxylic acids is 1. The molecule has 0 bridgehead atoms. The maximum absolute atomic E-state index is 12.2. The minimum absolute atomic E-state index is 0.0227. The summed E-state index contributed by atoms with van der Waals surface area (Å²) in [4.78, 5) is 29.9. The normalized spacial score (nSPS) is 27.1. The number of H-pyrrole nitrogens is 1. The lowest BCUT2D eigenvalue weighted by molar-refractivity contribution is -0.147. The fraction of sp³-hybridized carbons (Fsp3) is 0.455. The van der Waals surface area contributed by atoms with E-state index >= 15 is 0 Å². The summed E-state index contributed by atoms with van der Waals surface area (Å²) in [5, 5.41) is 11.0. The number of ether oxygens (including phenoxy) is 1. The molecule has 0 saturated carbocycles. The molecule has 148 valence electrons. The van der Waals surface area contributed by atoms with Crippen LogP contribution in [0, 0.1) is 11.8 Å². The van der Waals surface area contributed by atoms with Crippen molar-refractivity contribution in [2.24, 2.45) is 11.8 Å². The molecule has 6 heteroatoms. The van der Waals surface area contributed by atoms with E-state index < -0.39 is 12.0 Å². The number of fused-ring (bicyclic) bond motifs is 5. The van der Waals surface area contributed by atoms with E-state index in [0.717, 1.165) is 28.6 Å². The van der Waals surface area contributed by atoms with Gasteiger partial charge in [0.25, 0.3) is 0 Å². The van der Waals surface area contributed by atoms with E-state index in [2.05, 4.69) is 23.4 Å². The summed E-state index contributed by atoms with van der Waals surface area (Å²) in [6.07, 6.45) is 2.01. The van der Waals surface area contributed by atoms with Crippen LogP contribution < -0.4 is 0 Å². The number of benzene rings is 1. The molecule has 1 saturated heterocycles. The first-order valence-corrected chi connectivity index (χ1v) is 9.81. The van der Waals surface area contributed by atoms with Crippen molar-refractivity contribution in [1.82, 2.24) is 9.88 Å². The third kappa shape index (κ3) is 2.83. The molecule has 6 nitrogen and oxygen atoms in total. The van der Waals surface area contributed by atoms with Crippen LogP contribution in [0.15, 0.2) is 36.4 Å². The van der Waals surface area contributed by atoms with Gasteiger partial charge in [0.1, 0.15) is 6.04 Å². The Hall–Kier alpha value is -2.60. The molecule has 2 aromatic rings. The van der Waals surface area contributed by atoms with Crippen LogP contribution in [-0.2, 0) is 20.7 Å². The molecule has 28 heavy (non-hydrogen) atoms. The number of rotatable bonds is 4. The van der Waals surface area contributed by atoms with Crippen molar-refractivity contribution in [3.8, 4) is 0 Å². The van der Waals surface area contributed by atoms with Crippen molar-refractivity contribution in [2.45, 2.75) is 38.3 Å². The fourth-order valence-electron chi connectivity index (χ4n) is 5.11. The lowest BCUT2D eigenvalue weighted by Crippen LogP contribution is -2.54. The van der Waals surface area contributed by atoms with Crippen LogP contribution in [0.3, 0.4) is 0 Å². The molecule has 3 heterocycles. The van der Waals surface area contributed by atoms with Gasteiger partial charge in [0.05, 0.1) is 13.2 Å². The van der Waals surface area contributed by atoms with E-state index in [4.69, 9.17) is 4.74 Å². The SMILES string of the molecule is C=C(C(=O)OC)[C@H]1C[C@H]2c3[nH]c4ccccc4c3C[C@@H](C(=O)O)N2C[C@H]1CC. The van der Waals surface area contributed by atoms with Gasteiger partial charge < -0.3 is 14.8 Å². The molecule has 4 rings (SSSR count). The quantitative estimate of drug-likeness (QED) is 0.626. The number of hydrogen-bond acceptors (Lipinski definition) is 4. The number of aliphatic carboxylic acids is 1. The second kappa shape index (κ2) is 7.09. The van der Waals surface area contributed by atoms with Gasteiger partial charge in [0.2, 0.25) is 0 Å². The van der Waals surface area contributed by atoms with E-state index in [9.17, 15) is 14.7 Å². The van der Waals surface area contributed by atoms with Crippen LogP contribution in [0.25, 0.3) is 10.9 Å². The third-order valence-electron chi connectivity index (χ3n) is 6.57. The molecular formula is C22H26N2O4. The van der Waals surface area contributed by atoms with Crippen molar-refractivity contribution in [3.63, 3.8) is 0 Å². The zero-order chi connectivity index (χ0) is 20.0. The average molecular weight is 382 g/mol. The lowest BCUT2D eigenvalue weighted by atomic mass is 9.73. The van der Waals surface area contributed by atoms with Crippen molar-refractivity contribution in [3.05, 3.63) is 47.7 Å². The number of carbonyl (C=O) groups excluding carboxylic acids is 1. The molecule has 4 atom stereocenters. The molecule has 0 amide bonds. The highest BCUT2D eigenvalue weighted by atomic mass is 16.5. The molecule has 2 N–H and O–H groups in total. The Morgan fingerprint density at radius 3 is 2.79 bits per heavy atom. The van der Waals surface area contributed by atoms with Crippen molar-refractivity contribution in [2.75, 3.05) is 13.7 Å². The van der Waals surface area contributed by atoms with Crippen LogP contribution in [0.4, 0.5) is 0 Å². The Morgan fingerprint density at radius 2 is 2.11 bits per heavy atom. The molecule has 1 aromatic carbocycles. The first-order valence-electron chi connectivity index (χ1n) is 9.81. The largest absolute Gasteiger partial charge is 0.480 e. The fourth-order valence-corrected chi connectivity index (χ4v) is 5.11. The number of carboxylic acid groups (broad SMARTS) is 1. The number of nitrogens with zero attached hydrogens (tertiary/aromatic N) is 1. The van der Waals surface area contributed by atoms with E-state index in [1.54, 1.807) is 0 Å². The summed E-state index contributed by atoms with van der Waals surface area (Å²) < 4.78 is 4.92. The smallest absolute Gasteiger partial charge is 0.333 e. The Morgan fingerprint density at radius 1 is 1.36 bits per heavy atom. The maximum Gasteiger partial charge on any atom is 0.333 e. The summed E-state index contributed by atoms with van der Waals surface area (Å²) >= 11 is 0. The predicted octanol–water partition coefficient (Wildman–Crippen LogP) is 3.30. The molecule has 0 aliphatic carbocycles.